The number of primary amides is 1. The van der Waals surface area contributed by atoms with Crippen molar-refractivity contribution in [3.05, 3.63) is 35.4 Å². The smallest absolute Gasteiger partial charge is 0.415 e. The molecule has 0 spiro atoms. The first kappa shape index (κ1) is 15.0. The molecule has 0 heterocycles. The highest BCUT2D eigenvalue weighted by Gasteiger charge is 2.15. The summed E-state index contributed by atoms with van der Waals surface area (Å²) in [4.78, 5) is 32.8. The number of aromatic carboxylic acids is 1. The summed E-state index contributed by atoms with van der Waals surface area (Å²) in [6.07, 6.45) is -1.39. The number of nitrogens with two attached hydrogens (primary N) is 1. The molecule has 7 heteroatoms. The van der Waals surface area contributed by atoms with Gasteiger partial charge in [0.2, 0.25) is 0 Å². The number of rotatable bonds is 3. The van der Waals surface area contributed by atoms with Crippen molar-refractivity contribution >= 4 is 18.1 Å². The van der Waals surface area contributed by atoms with Crippen molar-refractivity contribution < 1.29 is 24.6 Å². The maximum absolute atomic E-state index is 10.9. The number of carbonyl (C=O) groups excluding carboxylic acids is 1. The van der Waals surface area contributed by atoms with Gasteiger partial charge in [0, 0.05) is 18.5 Å². The van der Waals surface area contributed by atoms with E-state index in [0.29, 0.717) is 10.5 Å². The van der Waals surface area contributed by atoms with E-state index in [1.807, 2.05) is 0 Å². The predicted octanol–water partition coefficient (Wildman–Crippen LogP) is 1.19. The van der Waals surface area contributed by atoms with Crippen LogP contribution in [0.1, 0.15) is 22.3 Å². The van der Waals surface area contributed by atoms with Crippen LogP contribution in [-0.4, -0.2) is 39.8 Å². The zero-order valence-electron chi connectivity index (χ0n) is 10.4. The first-order valence-electron chi connectivity index (χ1n) is 5.54. The van der Waals surface area contributed by atoms with Gasteiger partial charge in [-0.25, -0.2) is 19.3 Å². The van der Waals surface area contributed by atoms with Crippen molar-refractivity contribution in [2.75, 3.05) is 6.54 Å². The van der Waals surface area contributed by atoms with Crippen LogP contribution in [0.4, 0.5) is 9.59 Å². The Morgan fingerprint density at radius 1 is 1.20 bits per heavy atom. The molecule has 1 aromatic carbocycles. The lowest BCUT2D eigenvalue weighted by Gasteiger charge is -2.11. The molecular weight excluding hydrogens is 264 g/mol. The van der Waals surface area contributed by atoms with Crippen LogP contribution in [-0.2, 0) is 0 Å². The minimum atomic E-state index is -1.45. The van der Waals surface area contributed by atoms with Crippen LogP contribution in [0.3, 0.4) is 0 Å². The van der Waals surface area contributed by atoms with Crippen LogP contribution >= 0.6 is 0 Å². The second-order valence-electron chi connectivity index (χ2n) is 3.67. The first-order valence-corrected chi connectivity index (χ1v) is 5.54. The molecule has 0 aliphatic rings. The van der Waals surface area contributed by atoms with Crippen molar-refractivity contribution in [2.45, 2.75) is 6.42 Å². The number of hydrogen-bond acceptors (Lipinski definition) is 3. The van der Waals surface area contributed by atoms with Gasteiger partial charge in [0.25, 0.3) is 0 Å². The Bertz CT molecular complexity index is 586. The summed E-state index contributed by atoms with van der Waals surface area (Å²) in [6, 6.07) is 5.10. The molecule has 1 rings (SSSR count). The van der Waals surface area contributed by atoms with Crippen LogP contribution in [0, 0.1) is 11.8 Å². The fourth-order valence-electron chi connectivity index (χ4n) is 1.40. The van der Waals surface area contributed by atoms with E-state index < -0.39 is 18.1 Å². The molecule has 0 unspecified atom stereocenters. The highest BCUT2D eigenvalue weighted by Crippen LogP contribution is 2.06. The lowest BCUT2D eigenvalue weighted by atomic mass is 10.1. The van der Waals surface area contributed by atoms with Crippen LogP contribution in [0.2, 0.25) is 0 Å². The van der Waals surface area contributed by atoms with Gasteiger partial charge >= 0.3 is 18.1 Å². The number of carboxylic acid groups (broad SMARTS) is 2. The summed E-state index contributed by atoms with van der Waals surface area (Å²) in [5, 5.41) is 17.6. The van der Waals surface area contributed by atoms with E-state index in [9.17, 15) is 14.4 Å². The minimum absolute atomic E-state index is 0.0587. The van der Waals surface area contributed by atoms with Gasteiger partial charge in [0.1, 0.15) is 0 Å². The average molecular weight is 276 g/mol. The van der Waals surface area contributed by atoms with Crippen molar-refractivity contribution in [3.8, 4) is 11.8 Å². The molecule has 1 aromatic rings. The molecule has 0 atom stereocenters. The molecule has 104 valence electrons. The third-order valence-corrected chi connectivity index (χ3v) is 2.34. The molecule has 0 radical (unpaired) electrons. The summed E-state index contributed by atoms with van der Waals surface area (Å²) in [7, 11) is 0. The Morgan fingerprint density at radius 3 is 2.40 bits per heavy atom. The van der Waals surface area contributed by atoms with E-state index in [1.165, 1.54) is 6.07 Å². The third kappa shape index (κ3) is 4.03. The van der Waals surface area contributed by atoms with E-state index in [0.717, 1.165) is 0 Å². The molecule has 0 bridgehead atoms. The van der Waals surface area contributed by atoms with Gasteiger partial charge in [-0.2, -0.15) is 0 Å². The Morgan fingerprint density at radius 2 is 1.85 bits per heavy atom. The van der Waals surface area contributed by atoms with E-state index in [1.54, 1.807) is 18.2 Å². The zero-order valence-corrected chi connectivity index (χ0v) is 10.4. The Labute approximate surface area is 114 Å². The highest BCUT2D eigenvalue weighted by molar-refractivity contribution is 5.90. The number of carbonyl (C=O) groups is 3. The van der Waals surface area contributed by atoms with Crippen LogP contribution < -0.4 is 5.73 Å². The number of nitrogens with zero attached hydrogens (tertiary/aromatic N) is 1. The molecule has 20 heavy (non-hydrogen) atoms. The first-order chi connectivity index (χ1) is 9.43. The summed E-state index contributed by atoms with van der Waals surface area (Å²) in [5.41, 5.74) is 5.26. The van der Waals surface area contributed by atoms with Gasteiger partial charge in [-0.3, -0.25) is 0 Å². The molecule has 0 saturated carbocycles. The Hall–Kier alpha value is -3.01. The van der Waals surface area contributed by atoms with E-state index in [4.69, 9.17) is 15.9 Å². The second-order valence-corrected chi connectivity index (χ2v) is 3.67. The molecule has 0 aliphatic carbocycles. The largest absolute Gasteiger partial charge is 0.478 e. The summed E-state index contributed by atoms with van der Waals surface area (Å²) in [6.45, 7) is -0.174. The van der Waals surface area contributed by atoms with Gasteiger partial charge in [-0.05, 0) is 12.1 Å². The topological polar surface area (TPSA) is 121 Å². The SMILES string of the molecule is NC(=O)N(CCC#Cc1ccccc1C(=O)O)C(=O)O. The zero-order chi connectivity index (χ0) is 15.1. The number of carboxylic acids is 1. The maximum Gasteiger partial charge on any atom is 0.415 e. The lowest BCUT2D eigenvalue weighted by Crippen LogP contribution is -2.40. The molecular formula is C13H12N2O5. The number of amides is 3. The van der Waals surface area contributed by atoms with Crippen molar-refractivity contribution in [1.82, 2.24) is 4.90 Å². The molecule has 3 amide bonds. The van der Waals surface area contributed by atoms with Crippen molar-refractivity contribution in [2.24, 2.45) is 5.73 Å². The van der Waals surface area contributed by atoms with Crippen LogP contribution in [0.25, 0.3) is 0 Å². The predicted molar refractivity (Wildman–Crippen MR) is 69.2 cm³/mol. The van der Waals surface area contributed by atoms with Gasteiger partial charge in [-0.15, -0.1) is 0 Å². The fraction of sp³-hybridized carbons (Fsp3) is 0.154. The molecule has 0 fully saturated rings. The highest BCUT2D eigenvalue weighted by atomic mass is 16.4. The number of urea groups is 1. The van der Waals surface area contributed by atoms with E-state index in [-0.39, 0.29) is 18.5 Å². The van der Waals surface area contributed by atoms with Crippen LogP contribution in [0.15, 0.2) is 24.3 Å². The monoisotopic (exact) mass is 276 g/mol. The van der Waals surface area contributed by atoms with Gasteiger partial charge in [-0.1, -0.05) is 24.0 Å². The van der Waals surface area contributed by atoms with Gasteiger partial charge in [0.05, 0.1) is 5.56 Å². The summed E-state index contributed by atoms with van der Waals surface area (Å²) >= 11 is 0. The molecule has 4 N–H and O–H groups in total. The van der Waals surface area contributed by atoms with Crippen molar-refractivity contribution in [3.63, 3.8) is 0 Å². The average Bonchev–Trinajstić information content (AvgIpc) is 2.37. The molecule has 0 aliphatic heterocycles. The third-order valence-electron chi connectivity index (χ3n) is 2.34. The minimum Gasteiger partial charge on any atom is -0.478 e. The fourth-order valence-corrected chi connectivity index (χ4v) is 1.40. The summed E-state index contributed by atoms with van der Waals surface area (Å²) in [5.74, 6) is 4.14. The standard InChI is InChI=1S/C13H12N2O5/c14-12(18)15(13(19)20)8-4-3-6-9-5-1-2-7-10(9)11(16)17/h1-2,5,7H,4,8H2,(H2,14,18)(H,16,17)(H,19,20). The van der Waals surface area contributed by atoms with Crippen molar-refractivity contribution in [1.29, 1.82) is 0 Å². The normalized spacial score (nSPS) is 9.20. The van der Waals surface area contributed by atoms with E-state index in [2.05, 4.69) is 11.8 Å². The lowest BCUT2D eigenvalue weighted by molar-refractivity contribution is 0.0696. The molecule has 0 saturated heterocycles. The molecule has 7 nitrogen and oxygen atoms in total. The quantitative estimate of drug-likeness (QED) is 0.716. The maximum atomic E-state index is 10.9. The summed E-state index contributed by atoms with van der Waals surface area (Å²) < 4.78 is 0. The molecule has 0 aromatic heterocycles. The second kappa shape index (κ2) is 6.80. The number of benzene rings is 1. The number of hydrogen-bond donors (Lipinski definition) is 3. The Kier molecular flexibility index (Phi) is 5.12. The van der Waals surface area contributed by atoms with Crippen LogP contribution in [0.5, 0.6) is 0 Å². The van der Waals surface area contributed by atoms with E-state index >= 15 is 0 Å². The van der Waals surface area contributed by atoms with Gasteiger partial charge < -0.3 is 15.9 Å². The Balaban J connectivity index is 2.75. The number of imide groups is 1. The van der Waals surface area contributed by atoms with Gasteiger partial charge in [0.15, 0.2) is 0 Å².